The van der Waals surface area contributed by atoms with Crippen LogP contribution < -0.4 is 15.4 Å². The predicted molar refractivity (Wildman–Crippen MR) is 130 cm³/mol. The second-order valence-electron chi connectivity index (χ2n) is 8.11. The van der Waals surface area contributed by atoms with E-state index in [9.17, 15) is 24.0 Å². The van der Waals surface area contributed by atoms with Crippen molar-refractivity contribution in [1.82, 2.24) is 10.2 Å². The first-order valence-corrected chi connectivity index (χ1v) is 11.2. The highest BCUT2D eigenvalue weighted by atomic mass is 16.5. The van der Waals surface area contributed by atoms with Crippen LogP contribution in [0.4, 0.5) is 5.69 Å². The van der Waals surface area contributed by atoms with E-state index in [2.05, 4.69) is 10.6 Å². The van der Waals surface area contributed by atoms with Gasteiger partial charge in [0.05, 0.1) is 11.1 Å². The number of esters is 1. The maximum absolute atomic E-state index is 12.5. The van der Waals surface area contributed by atoms with E-state index in [-0.39, 0.29) is 48.9 Å². The van der Waals surface area contributed by atoms with Gasteiger partial charge in [-0.2, -0.15) is 0 Å². The molecular formula is C27H23N3O6. The Balaban J connectivity index is 1.25. The quantitative estimate of drug-likeness (QED) is 0.287. The summed E-state index contributed by atoms with van der Waals surface area (Å²) in [7, 11) is 0. The second-order valence-corrected chi connectivity index (χ2v) is 8.11. The van der Waals surface area contributed by atoms with Gasteiger partial charge in [0.25, 0.3) is 17.7 Å². The number of carbonyl (C=O) groups is 5. The number of imide groups is 1. The van der Waals surface area contributed by atoms with Gasteiger partial charge in [-0.1, -0.05) is 30.3 Å². The van der Waals surface area contributed by atoms with E-state index in [4.69, 9.17) is 4.74 Å². The normalized spacial score (nSPS) is 12.2. The molecule has 1 aliphatic rings. The molecule has 0 unspecified atom stereocenters. The van der Waals surface area contributed by atoms with Crippen LogP contribution in [-0.2, 0) is 16.1 Å². The molecule has 4 rings (SSSR count). The molecule has 3 aromatic carbocycles. The van der Waals surface area contributed by atoms with Gasteiger partial charge in [0.1, 0.15) is 5.75 Å². The van der Waals surface area contributed by atoms with Gasteiger partial charge in [0, 0.05) is 37.7 Å². The highest BCUT2D eigenvalue weighted by Gasteiger charge is 2.34. The van der Waals surface area contributed by atoms with E-state index >= 15 is 0 Å². The summed E-state index contributed by atoms with van der Waals surface area (Å²) in [6, 6.07) is 19.8. The molecular weight excluding hydrogens is 462 g/mol. The van der Waals surface area contributed by atoms with Gasteiger partial charge in [0.2, 0.25) is 5.91 Å². The van der Waals surface area contributed by atoms with E-state index in [1.165, 1.54) is 13.0 Å². The number of ether oxygens (including phenoxy) is 1. The summed E-state index contributed by atoms with van der Waals surface area (Å²) in [6.07, 6.45) is -0.00792. The molecule has 0 aliphatic carbocycles. The van der Waals surface area contributed by atoms with Crippen LogP contribution in [0.5, 0.6) is 5.75 Å². The maximum Gasteiger partial charge on any atom is 0.308 e. The molecule has 0 spiro atoms. The number of amides is 4. The summed E-state index contributed by atoms with van der Waals surface area (Å²) in [5.41, 5.74) is 2.40. The standard InChI is InChI=1S/C27H23N3O6/c1-17(31)36-21-6-4-5-19(15-21)25(33)29-20-11-9-18(10-12-20)16-28-24(32)13-14-30-26(34)22-7-2-3-8-23(22)27(30)35/h2-12,15H,13-14,16H2,1H3,(H,28,32)(H,29,33). The lowest BCUT2D eigenvalue weighted by Gasteiger charge is -2.13. The van der Waals surface area contributed by atoms with E-state index in [1.807, 2.05) is 0 Å². The fourth-order valence-electron chi connectivity index (χ4n) is 3.72. The number of benzene rings is 3. The molecule has 182 valence electrons. The topological polar surface area (TPSA) is 122 Å². The largest absolute Gasteiger partial charge is 0.427 e. The average molecular weight is 485 g/mol. The molecule has 1 heterocycles. The Kier molecular flexibility index (Phi) is 7.20. The van der Waals surface area contributed by atoms with Crippen molar-refractivity contribution in [3.63, 3.8) is 0 Å². The SMILES string of the molecule is CC(=O)Oc1cccc(C(=O)Nc2ccc(CNC(=O)CCN3C(=O)c4ccccc4C3=O)cc2)c1. The van der Waals surface area contributed by atoms with Crippen molar-refractivity contribution in [2.24, 2.45) is 0 Å². The van der Waals surface area contributed by atoms with Crippen LogP contribution in [0.1, 0.15) is 50.0 Å². The minimum atomic E-state index is -0.473. The minimum absolute atomic E-state index is 0.00179. The monoisotopic (exact) mass is 485 g/mol. The van der Waals surface area contributed by atoms with Crippen LogP contribution in [-0.4, -0.2) is 41.0 Å². The van der Waals surface area contributed by atoms with Crippen molar-refractivity contribution in [3.8, 4) is 5.75 Å². The Labute approximate surface area is 207 Å². The Hall–Kier alpha value is -4.79. The van der Waals surface area contributed by atoms with Gasteiger partial charge < -0.3 is 15.4 Å². The zero-order valence-corrected chi connectivity index (χ0v) is 19.4. The van der Waals surface area contributed by atoms with Gasteiger partial charge in [-0.15, -0.1) is 0 Å². The average Bonchev–Trinajstić information content (AvgIpc) is 3.11. The van der Waals surface area contributed by atoms with Crippen molar-refractivity contribution in [3.05, 3.63) is 95.1 Å². The van der Waals surface area contributed by atoms with Crippen LogP contribution >= 0.6 is 0 Å². The lowest BCUT2D eigenvalue weighted by Crippen LogP contribution is -2.34. The molecule has 0 saturated carbocycles. The smallest absolute Gasteiger partial charge is 0.308 e. The third-order valence-corrected chi connectivity index (χ3v) is 5.50. The molecule has 4 amide bonds. The van der Waals surface area contributed by atoms with Crippen molar-refractivity contribution in [2.45, 2.75) is 19.9 Å². The number of anilines is 1. The van der Waals surface area contributed by atoms with Crippen LogP contribution in [0.3, 0.4) is 0 Å². The lowest BCUT2D eigenvalue weighted by molar-refractivity contribution is -0.131. The lowest BCUT2D eigenvalue weighted by atomic mass is 10.1. The first-order valence-electron chi connectivity index (χ1n) is 11.2. The van der Waals surface area contributed by atoms with E-state index in [1.54, 1.807) is 66.7 Å². The third-order valence-electron chi connectivity index (χ3n) is 5.50. The van der Waals surface area contributed by atoms with Crippen LogP contribution in [0.2, 0.25) is 0 Å². The minimum Gasteiger partial charge on any atom is -0.427 e. The summed E-state index contributed by atoms with van der Waals surface area (Å²) < 4.78 is 5.00. The number of carbonyl (C=O) groups excluding carboxylic acids is 5. The molecule has 0 bridgehead atoms. The second kappa shape index (κ2) is 10.6. The van der Waals surface area contributed by atoms with Crippen molar-refractivity contribution in [1.29, 1.82) is 0 Å². The predicted octanol–water partition coefficient (Wildman–Crippen LogP) is 3.17. The number of hydrogen-bond acceptors (Lipinski definition) is 6. The molecule has 2 N–H and O–H groups in total. The molecule has 9 nitrogen and oxygen atoms in total. The Morgan fingerprint density at radius 3 is 2.17 bits per heavy atom. The van der Waals surface area contributed by atoms with Gasteiger partial charge >= 0.3 is 5.97 Å². The first kappa shape index (κ1) is 24.3. The van der Waals surface area contributed by atoms with Gasteiger partial charge in [-0.3, -0.25) is 28.9 Å². The van der Waals surface area contributed by atoms with E-state index in [0.717, 1.165) is 10.5 Å². The zero-order chi connectivity index (χ0) is 25.7. The van der Waals surface area contributed by atoms with Gasteiger partial charge in [0.15, 0.2) is 0 Å². The highest BCUT2D eigenvalue weighted by molar-refractivity contribution is 6.21. The fourth-order valence-corrected chi connectivity index (χ4v) is 3.72. The van der Waals surface area contributed by atoms with E-state index in [0.29, 0.717) is 22.4 Å². The summed E-state index contributed by atoms with van der Waals surface area (Å²) in [6.45, 7) is 1.53. The number of nitrogens with one attached hydrogen (secondary N) is 2. The van der Waals surface area contributed by atoms with Crippen LogP contribution in [0.25, 0.3) is 0 Å². The molecule has 1 aliphatic heterocycles. The van der Waals surface area contributed by atoms with E-state index < -0.39 is 5.97 Å². The maximum atomic E-state index is 12.5. The molecule has 9 heteroatoms. The number of hydrogen-bond donors (Lipinski definition) is 2. The molecule has 3 aromatic rings. The Bertz CT molecular complexity index is 1310. The van der Waals surface area contributed by atoms with Gasteiger partial charge in [-0.25, -0.2) is 0 Å². The molecule has 0 aromatic heterocycles. The van der Waals surface area contributed by atoms with Crippen molar-refractivity contribution < 1.29 is 28.7 Å². The molecule has 0 saturated heterocycles. The van der Waals surface area contributed by atoms with Crippen molar-refractivity contribution in [2.75, 3.05) is 11.9 Å². The Morgan fingerprint density at radius 1 is 0.861 bits per heavy atom. The molecule has 0 atom stereocenters. The van der Waals surface area contributed by atoms with Crippen molar-refractivity contribution >= 4 is 35.3 Å². The highest BCUT2D eigenvalue weighted by Crippen LogP contribution is 2.22. The molecule has 0 radical (unpaired) electrons. The van der Waals surface area contributed by atoms with Gasteiger partial charge in [-0.05, 0) is 48.0 Å². The summed E-state index contributed by atoms with van der Waals surface area (Å²) in [5, 5.41) is 5.53. The zero-order valence-electron chi connectivity index (χ0n) is 19.4. The van der Waals surface area contributed by atoms with Crippen LogP contribution in [0, 0.1) is 0 Å². The summed E-state index contributed by atoms with van der Waals surface area (Å²) in [5.74, 6) is -1.63. The van der Waals surface area contributed by atoms with Crippen LogP contribution in [0.15, 0.2) is 72.8 Å². The fraction of sp³-hybridized carbons (Fsp3) is 0.148. The number of rotatable bonds is 8. The number of fused-ring (bicyclic) bond motifs is 1. The summed E-state index contributed by atoms with van der Waals surface area (Å²) in [4.78, 5) is 61.7. The third kappa shape index (κ3) is 5.64. The summed E-state index contributed by atoms with van der Waals surface area (Å²) >= 11 is 0. The Morgan fingerprint density at radius 2 is 1.53 bits per heavy atom. The number of nitrogens with zero attached hydrogens (tertiary/aromatic N) is 1. The molecule has 0 fully saturated rings. The molecule has 36 heavy (non-hydrogen) atoms. The first-order chi connectivity index (χ1) is 17.3.